The number of rotatable bonds is 5. The first kappa shape index (κ1) is 16.1. The quantitative estimate of drug-likeness (QED) is 0.738. The molecule has 1 aromatic carbocycles. The van der Waals surface area contributed by atoms with Crippen molar-refractivity contribution in [1.82, 2.24) is 19.9 Å². The minimum atomic E-state index is -0.251. The van der Waals surface area contributed by atoms with Crippen molar-refractivity contribution in [3.8, 4) is 11.5 Å². The van der Waals surface area contributed by atoms with Crippen molar-refractivity contribution in [3.63, 3.8) is 0 Å². The number of aromatic nitrogens is 3. The highest BCUT2D eigenvalue weighted by Crippen LogP contribution is 2.32. The molecule has 4 rings (SSSR count). The van der Waals surface area contributed by atoms with Gasteiger partial charge in [0.15, 0.2) is 17.1 Å². The first-order valence-corrected chi connectivity index (χ1v) is 8.19. The van der Waals surface area contributed by atoms with Crippen LogP contribution in [0.4, 0.5) is 0 Å². The van der Waals surface area contributed by atoms with Crippen molar-refractivity contribution in [2.24, 2.45) is 0 Å². The lowest BCUT2D eigenvalue weighted by atomic mass is 10.2. The van der Waals surface area contributed by atoms with Crippen molar-refractivity contribution in [3.05, 3.63) is 64.2 Å². The van der Waals surface area contributed by atoms with Gasteiger partial charge in [0.05, 0.1) is 0 Å². The summed E-state index contributed by atoms with van der Waals surface area (Å²) in [5.41, 5.74) is 1.41. The summed E-state index contributed by atoms with van der Waals surface area (Å²) in [6, 6.07) is 10.8. The molecule has 0 fully saturated rings. The number of fused-ring (bicyclic) bond motifs is 2. The highest BCUT2D eigenvalue weighted by Gasteiger charge is 2.14. The normalized spacial score (nSPS) is 12.3. The summed E-state index contributed by atoms with van der Waals surface area (Å²) in [5.74, 6) is 1.22. The maximum Gasteiger partial charge on any atom is 0.279 e. The number of carbonyl (C=O) groups excluding carboxylic acids is 1. The molecule has 2 aromatic heterocycles. The van der Waals surface area contributed by atoms with E-state index in [1.54, 1.807) is 24.4 Å². The maximum absolute atomic E-state index is 12.3. The average Bonchev–Trinajstić information content (AvgIpc) is 3.14. The summed E-state index contributed by atoms with van der Waals surface area (Å²) in [6.45, 7) is 0.589. The standard InChI is InChI=1S/C18H16N4O4/c23-17(19-10-12-4-6-14-15(9-12)26-11-25-14)7-5-13-18(24)22-8-2-1-3-16(22)21-20-13/h1-4,6,8-9H,5,7,10-11H2,(H,19,23). The van der Waals surface area contributed by atoms with E-state index < -0.39 is 0 Å². The second kappa shape index (κ2) is 6.83. The molecule has 132 valence electrons. The van der Waals surface area contributed by atoms with Gasteiger partial charge in [0.1, 0.15) is 5.69 Å². The monoisotopic (exact) mass is 352 g/mol. The molecule has 0 aliphatic carbocycles. The smallest absolute Gasteiger partial charge is 0.279 e. The number of nitrogens with one attached hydrogen (secondary N) is 1. The molecule has 1 amide bonds. The summed E-state index contributed by atoms with van der Waals surface area (Å²) in [6.07, 6.45) is 2.03. The Bertz CT molecular complexity index is 1030. The van der Waals surface area contributed by atoms with Gasteiger partial charge in [-0.2, -0.15) is 0 Å². The molecule has 0 radical (unpaired) electrons. The first-order valence-electron chi connectivity index (χ1n) is 8.19. The number of hydrogen-bond acceptors (Lipinski definition) is 6. The molecule has 0 unspecified atom stereocenters. The van der Waals surface area contributed by atoms with Crippen LogP contribution in [0, 0.1) is 0 Å². The third-order valence-electron chi connectivity index (χ3n) is 4.09. The van der Waals surface area contributed by atoms with E-state index in [9.17, 15) is 9.59 Å². The fraction of sp³-hybridized carbons (Fsp3) is 0.222. The molecule has 0 spiro atoms. The SMILES string of the molecule is O=C(CCc1nnc2ccccn2c1=O)NCc1ccc2c(c1)OCO2. The van der Waals surface area contributed by atoms with E-state index in [1.165, 1.54) is 4.40 Å². The van der Waals surface area contributed by atoms with Gasteiger partial charge in [-0.25, -0.2) is 0 Å². The number of carbonyl (C=O) groups is 1. The van der Waals surface area contributed by atoms with E-state index in [0.29, 0.717) is 23.7 Å². The fourth-order valence-corrected chi connectivity index (χ4v) is 2.71. The number of aryl methyl sites for hydroxylation is 1. The number of ether oxygens (including phenoxy) is 2. The van der Waals surface area contributed by atoms with Crippen molar-refractivity contribution < 1.29 is 14.3 Å². The molecule has 8 heteroatoms. The molecule has 8 nitrogen and oxygen atoms in total. The molecule has 0 bridgehead atoms. The van der Waals surface area contributed by atoms with Crippen LogP contribution in [0.2, 0.25) is 0 Å². The van der Waals surface area contributed by atoms with E-state index in [0.717, 1.165) is 5.56 Å². The van der Waals surface area contributed by atoms with Gasteiger partial charge in [0.25, 0.3) is 5.56 Å². The Morgan fingerprint density at radius 1 is 1.15 bits per heavy atom. The second-order valence-corrected chi connectivity index (χ2v) is 5.85. The summed E-state index contributed by atoms with van der Waals surface area (Å²) in [7, 11) is 0. The summed E-state index contributed by atoms with van der Waals surface area (Å²) in [5, 5.41) is 10.8. The highest BCUT2D eigenvalue weighted by molar-refractivity contribution is 5.76. The van der Waals surface area contributed by atoms with Crippen LogP contribution in [-0.2, 0) is 17.8 Å². The van der Waals surface area contributed by atoms with Crippen LogP contribution < -0.4 is 20.3 Å². The third kappa shape index (κ3) is 3.21. The van der Waals surface area contributed by atoms with E-state index >= 15 is 0 Å². The molecule has 1 N–H and O–H groups in total. The topological polar surface area (TPSA) is 94.8 Å². The summed E-state index contributed by atoms with van der Waals surface area (Å²) in [4.78, 5) is 24.4. The van der Waals surface area contributed by atoms with Crippen LogP contribution in [0.3, 0.4) is 0 Å². The number of nitrogens with zero attached hydrogens (tertiary/aromatic N) is 3. The molecule has 1 aliphatic rings. The number of benzene rings is 1. The molecule has 1 aliphatic heterocycles. The summed E-state index contributed by atoms with van der Waals surface area (Å²) >= 11 is 0. The molecule has 0 saturated carbocycles. The van der Waals surface area contributed by atoms with Crippen LogP contribution in [-0.4, -0.2) is 27.3 Å². The Morgan fingerprint density at radius 2 is 2.04 bits per heavy atom. The molecule has 3 heterocycles. The zero-order valence-corrected chi connectivity index (χ0v) is 13.8. The largest absolute Gasteiger partial charge is 0.454 e. The Morgan fingerprint density at radius 3 is 2.96 bits per heavy atom. The van der Waals surface area contributed by atoms with Gasteiger partial charge in [-0.05, 0) is 29.8 Å². The molecule has 3 aromatic rings. The fourth-order valence-electron chi connectivity index (χ4n) is 2.71. The van der Waals surface area contributed by atoms with Gasteiger partial charge in [-0.15, -0.1) is 10.2 Å². The molecule has 0 atom stereocenters. The van der Waals surface area contributed by atoms with E-state index in [4.69, 9.17) is 9.47 Å². The lowest BCUT2D eigenvalue weighted by molar-refractivity contribution is -0.121. The lowest BCUT2D eigenvalue weighted by Crippen LogP contribution is -2.26. The Balaban J connectivity index is 1.35. The van der Waals surface area contributed by atoms with Crippen molar-refractivity contribution >= 4 is 11.6 Å². The van der Waals surface area contributed by atoms with Crippen molar-refractivity contribution in [2.45, 2.75) is 19.4 Å². The number of pyridine rings is 1. The van der Waals surface area contributed by atoms with Crippen LogP contribution >= 0.6 is 0 Å². The number of hydrogen-bond donors (Lipinski definition) is 1. The van der Waals surface area contributed by atoms with E-state index in [2.05, 4.69) is 15.5 Å². The predicted molar refractivity (Wildman–Crippen MR) is 92.0 cm³/mol. The van der Waals surface area contributed by atoms with E-state index in [-0.39, 0.29) is 36.8 Å². The minimum absolute atomic E-state index is 0.160. The Hall–Kier alpha value is -3.42. The highest BCUT2D eigenvalue weighted by atomic mass is 16.7. The minimum Gasteiger partial charge on any atom is -0.454 e. The Kier molecular flexibility index (Phi) is 4.22. The second-order valence-electron chi connectivity index (χ2n) is 5.85. The van der Waals surface area contributed by atoms with E-state index in [1.807, 2.05) is 18.2 Å². The van der Waals surface area contributed by atoms with Crippen LogP contribution in [0.5, 0.6) is 11.5 Å². The van der Waals surface area contributed by atoms with Crippen molar-refractivity contribution in [2.75, 3.05) is 6.79 Å². The van der Waals surface area contributed by atoms with Gasteiger partial charge in [-0.1, -0.05) is 12.1 Å². The average molecular weight is 352 g/mol. The molecule has 0 saturated heterocycles. The predicted octanol–water partition coefficient (Wildman–Crippen LogP) is 1.07. The molecular formula is C18H16N4O4. The molecule has 26 heavy (non-hydrogen) atoms. The van der Waals surface area contributed by atoms with Gasteiger partial charge in [-0.3, -0.25) is 14.0 Å². The molecular weight excluding hydrogens is 336 g/mol. The van der Waals surface area contributed by atoms with Gasteiger partial charge < -0.3 is 14.8 Å². The zero-order chi connectivity index (χ0) is 17.9. The first-order chi connectivity index (χ1) is 12.7. The van der Waals surface area contributed by atoms with Crippen LogP contribution in [0.15, 0.2) is 47.4 Å². The van der Waals surface area contributed by atoms with Gasteiger partial charge >= 0.3 is 0 Å². The Labute approximate surface area is 148 Å². The van der Waals surface area contributed by atoms with Crippen molar-refractivity contribution in [1.29, 1.82) is 0 Å². The summed E-state index contributed by atoms with van der Waals surface area (Å²) < 4.78 is 12.0. The zero-order valence-electron chi connectivity index (χ0n) is 13.8. The maximum atomic E-state index is 12.3. The van der Waals surface area contributed by atoms with Gasteiger partial charge in [0.2, 0.25) is 12.7 Å². The number of amides is 1. The lowest BCUT2D eigenvalue weighted by Gasteiger charge is -2.06. The van der Waals surface area contributed by atoms with Crippen LogP contribution in [0.25, 0.3) is 5.65 Å². The van der Waals surface area contributed by atoms with Gasteiger partial charge in [0, 0.05) is 25.6 Å². The van der Waals surface area contributed by atoms with Crippen LogP contribution in [0.1, 0.15) is 17.7 Å². The third-order valence-corrected chi connectivity index (χ3v) is 4.09.